The standard InChI is InChI=1S/C23H20F4N4O3S.C17H17F3N4O.ClH/c1-22(10-11-31(22)35(33,34)18-6-3-16(24)4-7-18)21(32)9-5-17-12-19(30-14-29-17)15-2-8-20(28-13-15)23(25,26)27;1-16(6-7-24-16)15(25)5-3-12-8-13(23-10-22-12)11-2-4-14(21-9-11)17(18,19)20;/h2-4,6-8,12-14H,5,9-11H2,1H3;2,4,8-10,24H,3,5-7H2,1H3;1H/p-1/t22-;;/m0../s1. The molecule has 324 valence electrons. The van der Waals surface area contributed by atoms with Gasteiger partial charge in [0.15, 0.2) is 11.6 Å². The molecule has 0 aliphatic carbocycles. The van der Waals surface area contributed by atoms with Crippen LogP contribution in [0.2, 0.25) is 0 Å². The molecular weight excluding hydrogens is 857 g/mol. The zero-order valence-corrected chi connectivity index (χ0v) is 34.0. The average Bonchev–Trinajstić information content (AvgIpc) is 3.20. The SMILES string of the molecule is CC1(C(=O)CCc2cc(-c3ccc(C(F)(F)F)nc3)ncn2)CCN1.C[C@@]1(C(=O)CCc2cc(-c3ccc(C(F)(F)F)nc3)ncn2)CCN1S(=O)(=O)c1ccc(F)cc1.[Cl-]. The van der Waals surface area contributed by atoms with E-state index >= 15 is 0 Å². The van der Waals surface area contributed by atoms with Crippen molar-refractivity contribution in [2.75, 3.05) is 13.1 Å². The first kappa shape index (κ1) is 46.8. The molecule has 0 saturated carbocycles. The largest absolute Gasteiger partial charge is 1.00 e. The van der Waals surface area contributed by atoms with Crippen LogP contribution in [0.25, 0.3) is 22.5 Å². The van der Waals surface area contributed by atoms with Crippen molar-refractivity contribution in [3.8, 4) is 22.5 Å². The van der Waals surface area contributed by atoms with E-state index in [4.69, 9.17) is 0 Å². The van der Waals surface area contributed by atoms with Gasteiger partial charge in [0.05, 0.1) is 27.4 Å². The van der Waals surface area contributed by atoms with Crippen LogP contribution >= 0.6 is 0 Å². The highest BCUT2D eigenvalue weighted by Crippen LogP contribution is 2.38. The maximum absolute atomic E-state index is 13.2. The number of sulfonamides is 1. The lowest BCUT2D eigenvalue weighted by Crippen LogP contribution is -3.00. The number of carbonyl (C=O) groups is 2. The van der Waals surface area contributed by atoms with Gasteiger partial charge in [0.1, 0.15) is 29.9 Å². The predicted molar refractivity (Wildman–Crippen MR) is 202 cm³/mol. The van der Waals surface area contributed by atoms with Gasteiger partial charge in [0, 0.05) is 54.3 Å². The van der Waals surface area contributed by atoms with Gasteiger partial charge in [-0.15, -0.1) is 0 Å². The molecule has 12 nitrogen and oxygen atoms in total. The Balaban J connectivity index is 0.000000240. The van der Waals surface area contributed by atoms with Crippen molar-refractivity contribution in [2.24, 2.45) is 0 Å². The third kappa shape index (κ3) is 10.8. The van der Waals surface area contributed by atoms with E-state index in [1.165, 1.54) is 24.8 Å². The lowest BCUT2D eigenvalue weighted by atomic mass is 9.83. The van der Waals surface area contributed by atoms with E-state index in [-0.39, 0.29) is 48.3 Å². The number of ketones is 2. The zero-order chi connectivity index (χ0) is 43.5. The Labute approximate surface area is 352 Å². The number of aryl methyl sites for hydroxylation is 2. The second-order valence-corrected chi connectivity index (χ2v) is 16.4. The van der Waals surface area contributed by atoms with E-state index in [1.54, 1.807) is 19.1 Å². The summed E-state index contributed by atoms with van der Waals surface area (Å²) in [7, 11) is -3.98. The molecule has 0 bridgehead atoms. The van der Waals surface area contributed by atoms with Gasteiger partial charge in [-0.2, -0.15) is 30.6 Å². The molecule has 0 amide bonds. The highest BCUT2D eigenvalue weighted by atomic mass is 35.5. The second kappa shape index (κ2) is 18.3. The number of rotatable bonds is 12. The highest BCUT2D eigenvalue weighted by Gasteiger charge is 2.52. The van der Waals surface area contributed by atoms with E-state index in [0.717, 1.165) is 66.1 Å². The van der Waals surface area contributed by atoms with Gasteiger partial charge in [0.2, 0.25) is 10.0 Å². The van der Waals surface area contributed by atoms with Gasteiger partial charge >= 0.3 is 12.4 Å². The summed E-state index contributed by atoms with van der Waals surface area (Å²) < 4.78 is 116. The second-order valence-electron chi connectivity index (χ2n) is 14.6. The van der Waals surface area contributed by atoms with Crippen molar-refractivity contribution in [1.82, 2.24) is 39.5 Å². The van der Waals surface area contributed by atoms with E-state index < -0.39 is 50.7 Å². The van der Waals surface area contributed by atoms with Crippen molar-refractivity contribution < 1.29 is 61.1 Å². The van der Waals surface area contributed by atoms with Crippen LogP contribution in [0, 0.1) is 5.82 Å². The van der Waals surface area contributed by atoms with Crippen molar-refractivity contribution in [3.05, 3.63) is 114 Å². The molecule has 2 fully saturated rings. The van der Waals surface area contributed by atoms with Crippen LogP contribution in [0.15, 0.2) is 90.6 Å². The van der Waals surface area contributed by atoms with Gasteiger partial charge in [0.25, 0.3) is 0 Å². The molecule has 4 aromatic heterocycles. The first-order valence-corrected chi connectivity index (χ1v) is 19.9. The van der Waals surface area contributed by atoms with Crippen molar-refractivity contribution in [2.45, 2.75) is 80.7 Å². The van der Waals surface area contributed by atoms with Crippen molar-refractivity contribution in [1.29, 1.82) is 0 Å². The minimum Gasteiger partial charge on any atom is -1.00 e. The minimum absolute atomic E-state index is 0. The van der Waals surface area contributed by atoms with Crippen LogP contribution in [0.4, 0.5) is 30.7 Å². The summed E-state index contributed by atoms with van der Waals surface area (Å²) in [5.41, 5.74) is -0.849. The van der Waals surface area contributed by atoms with E-state index in [1.807, 2.05) is 6.92 Å². The third-order valence-corrected chi connectivity index (χ3v) is 12.5. The molecule has 1 N–H and O–H groups in total. The molecule has 2 aliphatic heterocycles. The molecule has 1 aromatic carbocycles. The maximum atomic E-state index is 13.2. The molecule has 7 rings (SSSR count). The van der Waals surface area contributed by atoms with E-state index in [2.05, 4.69) is 35.2 Å². The Morgan fingerprint density at radius 3 is 1.56 bits per heavy atom. The molecule has 1 unspecified atom stereocenters. The molecular formula is C40H37ClF7N8O4S-. The van der Waals surface area contributed by atoms with Crippen LogP contribution in [-0.2, 0) is 44.8 Å². The van der Waals surface area contributed by atoms with Gasteiger partial charge < -0.3 is 17.7 Å². The fraction of sp³-hybridized carbons (Fsp3) is 0.350. The third-order valence-electron chi connectivity index (χ3n) is 10.5. The maximum Gasteiger partial charge on any atom is 0.433 e. The monoisotopic (exact) mass is 893 g/mol. The Morgan fingerprint density at radius 2 is 1.18 bits per heavy atom. The number of carbonyl (C=O) groups excluding carboxylic acids is 2. The van der Waals surface area contributed by atoms with E-state index in [9.17, 15) is 48.7 Å². The zero-order valence-electron chi connectivity index (χ0n) is 32.4. The van der Waals surface area contributed by atoms with Crippen LogP contribution in [-0.4, -0.2) is 78.4 Å². The summed E-state index contributed by atoms with van der Waals surface area (Å²) in [5, 5.41) is 3.13. The first-order valence-electron chi connectivity index (χ1n) is 18.5. The normalized spacial score (nSPS) is 19.0. The number of aromatic nitrogens is 6. The summed E-state index contributed by atoms with van der Waals surface area (Å²) in [5.74, 6) is -0.733. The van der Waals surface area contributed by atoms with E-state index in [0.29, 0.717) is 53.2 Å². The molecule has 2 aliphatic rings. The Hall–Kier alpha value is -5.31. The number of nitrogens with zero attached hydrogens (tertiary/aromatic N) is 7. The summed E-state index contributed by atoms with van der Waals surface area (Å²) in [6.45, 7) is 4.46. The van der Waals surface area contributed by atoms with Crippen LogP contribution < -0.4 is 17.7 Å². The molecule has 21 heteroatoms. The Morgan fingerprint density at radius 1 is 0.705 bits per heavy atom. The highest BCUT2D eigenvalue weighted by molar-refractivity contribution is 7.89. The number of hydrogen-bond acceptors (Lipinski definition) is 11. The number of alkyl halides is 6. The minimum atomic E-state index is -4.55. The smallest absolute Gasteiger partial charge is 0.433 e. The number of Topliss-reactive ketones (excluding diaryl/α,β-unsaturated/α-hetero) is 2. The van der Waals surface area contributed by atoms with Crippen molar-refractivity contribution in [3.63, 3.8) is 0 Å². The summed E-state index contributed by atoms with van der Waals surface area (Å²) in [6.07, 6.45) is -2.07. The quantitative estimate of drug-likeness (QED) is 0.181. The number of halogens is 8. The fourth-order valence-corrected chi connectivity index (χ4v) is 8.30. The molecule has 0 radical (unpaired) electrons. The molecule has 61 heavy (non-hydrogen) atoms. The molecule has 6 heterocycles. The van der Waals surface area contributed by atoms with Gasteiger partial charge in [-0.05, 0) is 107 Å². The van der Waals surface area contributed by atoms with Gasteiger partial charge in [-0.25, -0.2) is 32.7 Å². The Kier molecular flexibility index (Phi) is 14.1. The number of nitrogens with one attached hydrogen (secondary N) is 1. The summed E-state index contributed by atoms with van der Waals surface area (Å²) in [6, 6.07) is 12.0. The van der Waals surface area contributed by atoms with Crippen molar-refractivity contribution >= 4 is 21.6 Å². The summed E-state index contributed by atoms with van der Waals surface area (Å²) in [4.78, 5) is 48.3. The molecule has 5 aromatic rings. The first-order chi connectivity index (χ1) is 28.2. The van der Waals surface area contributed by atoms with Crippen LogP contribution in [0.3, 0.4) is 0 Å². The molecule has 2 saturated heterocycles. The molecule has 2 atom stereocenters. The number of benzene rings is 1. The number of hydrogen-bond donors (Lipinski definition) is 1. The molecule has 0 spiro atoms. The lowest BCUT2D eigenvalue weighted by Gasteiger charge is -2.48. The lowest BCUT2D eigenvalue weighted by molar-refractivity contribution is -0.141. The number of pyridine rings is 2. The fourth-order valence-electron chi connectivity index (χ4n) is 6.51. The summed E-state index contributed by atoms with van der Waals surface area (Å²) >= 11 is 0. The Bertz CT molecular complexity index is 2460. The van der Waals surface area contributed by atoms with Crippen LogP contribution in [0.5, 0.6) is 0 Å². The van der Waals surface area contributed by atoms with Gasteiger partial charge in [-0.1, -0.05) is 0 Å². The predicted octanol–water partition coefficient (Wildman–Crippen LogP) is 3.87. The average molecular weight is 894 g/mol. The van der Waals surface area contributed by atoms with Crippen LogP contribution in [0.1, 0.15) is 62.3 Å². The van der Waals surface area contributed by atoms with Gasteiger partial charge in [-0.3, -0.25) is 19.6 Å². The topological polar surface area (TPSA) is 161 Å².